The molecule has 0 fully saturated rings. The number of ether oxygens (including phenoxy) is 1. The first kappa shape index (κ1) is 13.7. The molecule has 3 nitrogen and oxygen atoms in total. The number of aryl methyl sites for hydroxylation is 1. The molecule has 21 heavy (non-hydrogen) atoms. The van der Waals surface area contributed by atoms with E-state index in [1.165, 1.54) is 11.3 Å². The van der Waals surface area contributed by atoms with E-state index < -0.39 is 0 Å². The fourth-order valence-corrected chi connectivity index (χ4v) is 2.91. The maximum atomic E-state index is 12.6. The van der Waals surface area contributed by atoms with Gasteiger partial charge in [0.1, 0.15) is 5.75 Å². The van der Waals surface area contributed by atoms with Crippen molar-refractivity contribution >= 4 is 11.5 Å². The number of fused-ring (bicyclic) bond motifs is 1. The molecule has 0 unspecified atom stereocenters. The van der Waals surface area contributed by atoms with E-state index in [1.54, 1.807) is 7.11 Å². The number of nitrogens with zero attached hydrogens (tertiary/aromatic N) is 1. The Morgan fingerprint density at radius 1 is 1.14 bits per heavy atom. The summed E-state index contributed by atoms with van der Waals surface area (Å²) in [5.41, 5.74) is 3.17. The molecule has 0 atom stereocenters. The van der Waals surface area contributed by atoms with E-state index in [-0.39, 0.29) is 5.78 Å². The summed E-state index contributed by atoms with van der Waals surface area (Å²) in [6.07, 6.45) is 2.19. The predicted molar refractivity (Wildman–Crippen MR) is 84.3 cm³/mol. The van der Waals surface area contributed by atoms with Crippen LogP contribution in [0.25, 0.3) is 0 Å². The number of rotatable bonds is 4. The van der Waals surface area contributed by atoms with E-state index in [9.17, 15) is 4.79 Å². The van der Waals surface area contributed by atoms with Gasteiger partial charge in [0.2, 0.25) is 0 Å². The molecule has 0 bridgehead atoms. The van der Waals surface area contributed by atoms with Gasteiger partial charge < -0.3 is 9.64 Å². The molecule has 1 aliphatic heterocycles. The monoisotopic (exact) mass is 281 g/mol. The molecular weight excluding hydrogens is 262 g/mol. The lowest BCUT2D eigenvalue weighted by Crippen LogP contribution is -2.34. The van der Waals surface area contributed by atoms with Gasteiger partial charge in [0.25, 0.3) is 0 Å². The van der Waals surface area contributed by atoms with Gasteiger partial charge in [-0.1, -0.05) is 30.3 Å². The van der Waals surface area contributed by atoms with Crippen LogP contribution in [0.3, 0.4) is 0 Å². The van der Waals surface area contributed by atoms with Crippen molar-refractivity contribution in [3.05, 3.63) is 59.7 Å². The molecule has 2 aromatic carbocycles. The maximum absolute atomic E-state index is 12.6. The molecule has 0 saturated heterocycles. The van der Waals surface area contributed by atoms with Crippen LogP contribution in [0.5, 0.6) is 5.75 Å². The van der Waals surface area contributed by atoms with E-state index >= 15 is 0 Å². The smallest absolute Gasteiger partial charge is 0.185 e. The molecule has 1 aliphatic rings. The van der Waals surface area contributed by atoms with Crippen molar-refractivity contribution in [2.75, 3.05) is 25.1 Å². The average molecular weight is 281 g/mol. The number of Topliss-reactive ketones (excluding diaryl/α,β-unsaturated/α-hetero) is 1. The third-order valence-electron chi connectivity index (χ3n) is 3.95. The molecule has 0 N–H and O–H groups in total. The van der Waals surface area contributed by atoms with E-state index in [4.69, 9.17) is 4.74 Å². The largest absolute Gasteiger partial charge is 0.496 e. The van der Waals surface area contributed by atoms with Gasteiger partial charge in [0.05, 0.1) is 19.2 Å². The Balaban J connectivity index is 1.83. The van der Waals surface area contributed by atoms with Crippen LogP contribution in [-0.4, -0.2) is 26.0 Å². The van der Waals surface area contributed by atoms with Gasteiger partial charge in [0, 0.05) is 12.2 Å². The second-order valence-corrected chi connectivity index (χ2v) is 5.28. The van der Waals surface area contributed by atoms with Gasteiger partial charge in [-0.3, -0.25) is 4.79 Å². The molecule has 0 radical (unpaired) electrons. The number of ketones is 1. The Morgan fingerprint density at radius 2 is 1.90 bits per heavy atom. The summed E-state index contributed by atoms with van der Waals surface area (Å²) in [5, 5.41) is 0. The third-order valence-corrected chi connectivity index (χ3v) is 3.95. The van der Waals surface area contributed by atoms with Crippen molar-refractivity contribution < 1.29 is 9.53 Å². The average Bonchev–Trinajstić information content (AvgIpc) is 2.55. The fraction of sp³-hybridized carbons (Fsp3) is 0.278. The molecule has 2 aromatic rings. The molecule has 0 amide bonds. The quantitative estimate of drug-likeness (QED) is 0.805. The molecule has 0 spiro atoms. The summed E-state index contributed by atoms with van der Waals surface area (Å²) in [4.78, 5) is 14.8. The van der Waals surface area contributed by atoms with Crippen molar-refractivity contribution in [2.24, 2.45) is 0 Å². The zero-order valence-electron chi connectivity index (χ0n) is 12.2. The lowest BCUT2D eigenvalue weighted by molar-refractivity contribution is 0.0995. The van der Waals surface area contributed by atoms with Crippen molar-refractivity contribution in [2.45, 2.75) is 12.8 Å². The highest BCUT2D eigenvalue weighted by molar-refractivity contribution is 6.01. The molecule has 3 rings (SSSR count). The summed E-state index contributed by atoms with van der Waals surface area (Å²) in [6.45, 7) is 1.33. The zero-order chi connectivity index (χ0) is 14.7. The zero-order valence-corrected chi connectivity index (χ0v) is 12.2. The number of carbonyl (C=O) groups is 1. The van der Waals surface area contributed by atoms with Gasteiger partial charge in [-0.05, 0) is 36.6 Å². The first-order valence-corrected chi connectivity index (χ1v) is 7.28. The number of methoxy groups -OCH3 is 1. The summed E-state index contributed by atoms with van der Waals surface area (Å²) in [5.74, 6) is 0.747. The molecule has 1 heterocycles. The Hall–Kier alpha value is -2.29. The van der Waals surface area contributed by atoms with Gasteiger partial charge in [-0.15, -0.1) is 0 Å². The van der Waals surface area contributed by atoms with Gasteiger partial charge in [-0.25, -0.2) is 0 Å². The van der Waals surface area contributed by atoms with E-state index in [0.717, 1.165) is 19.4 Å². The summed E-state index contributed by atoms with van der Waals surface area (Å²) >= 11 is 0. The topological polar surface area (TPSA) is 29.5 Å². The number of anilines is 1. The van der Waals surface area contributed by atoms with Gasteiger partial charge in [-0.2, -0.15) is 0 Å². The fourth-order valence-electron chi connectivity index (χ4n) is 2.91. The Labute approximate surface area is 125 Å². The standard InChI is InChI=1S/C18H19NO2/c1-21-18-11-5-3-9-15(18)17(20)13-19-12-6-8-14-7-2-4-10-16(14)19/h2-5,7,9-11H,6,8,12-13H2,1H3. The van der Waals surface area contributed by atoms with E-state index in [1.807, 2.05) is 30.3 Å². The predicted octanol–water partition coefficient (Wildman–Crippen LogP) is 3.33. The van der Waals surface area contributed by atoms with Crippen molar-refractivity contribution in [1.29, 1.82) is 0 Å². The van der Waals surface area contributed by atoms with Gasteiger partial charge >= 0.3 is 0 Å². The highest BCUT2D eigenvalue weighted by Crippen LogP contribution is 2.27. The van der Waals surface area contributed by atoms with Crippen LogP contribution < -0.4 is 9.64 Å². The maximum Gasteiger partial charge on any atom is 0.185 e. The van der Waals surface area contributed by atoms with Crippen molar-refractivity contribution in [3.63, 3.8) is 0 Å². The summed E-state index contributed by atoms with van der Waals surface area (Å²) < 4.78 is 5.29. The highest BCUT2D eigenvalue weighted by atomic mass is 16.5. The van der Waals surface area contributed by atoms with Crippen LogP contribution >= 0.6 is 0 Å². The number of para-hydroxylation sites is 2. The minimum absolute atomic E-state index is 0.101. The van der Waals surface area contributed by atoms with E-state index in [2.05, 4.69) is 23.1 Å². The lowest BCUT2D eigenvalue weighted by Gasteiger charge is -2.30. The highest BCUT2D eigenvalue weighted by Gasteiger charge is 2.20. The van der Waals surface area contributed by atoms with Crippen molar-refractivity contribution in [1.82, 2.24) is 0 Å². The number of benzene rings is 2. The van der Waals surface area contributed by atoms with Crippen molar-refractivity contribution in [3.8, 4) is 5.75 Å². The van der Waals surface area contributed by atoms with Crippen LogP contribution in [0.15, 0.2) is 48.5 Å². The second kappa shape index (κ2) is 6.00. The van der Waals surface area contributed by atoms with Gasteiger partial charge in [0.15, 0.2) is 5.78 Å². The first-order valence-electron chi connectivity index (χ1n) is 7.28. The SMILES string of the molecule is COc1ccccc1C(=O)CN1CCCc2ccccc21. The number of carbonyl (C=O) groups excluding carboxylic acids is 1. The Morgan fingerprint density at radius 3 is 2.76 bits per heavy atom. The Bertz CT molecular complexity index is 651. The minimum atomic E-state index is 0.101. The second-order valence-electron chi connectivity index (χ2n) is 5.28. The van der Waals surface area contributed by atoms with Crippen LogP contribution in [-0.2, 0) is 6.42 Å². The molecule has 0 saturated carbocycles. The molecule has 0 aliphatic carbocycles. The molecule has 3 heteroatoms. The molecule has 0 aromatic heterocycles. The van der Waals surface area contributed by atoms with Crippen LogP contribution in [0, 0.1) is 0 Å². The lowest BCUT2D eigenvalue weighted by atomic mass is 10.0. The minimum Gasteiger partial charge on any atom is -0.496 e. The summed E-state index contributed by atoms with van der Waals surface area (Å²) in [7, 11) is 1.60. The van der Waals surface area contributed by atoms with Crippen LogP contribution in [0.1, 0.15) is 22.3 Å². The number of hydrogen-bond donors (Lipinski definition) is 0. The number of hydrogen-bond acceptors (Lipinski definition) is 3. The molecular formula is C18H19NO2. The third kappa shape index (κ3) is 2.77. The molecule has 108 valence electrons. The first-order chi connectivity index (χ1) is 10.3. The normalized spacial score (nSPS) is 13.7. The Kier molecular flexibility index (Phi) is 3.91. The van der Waals surface area contributed by atoms with Crippen LogP contribution in [0.2, 0.25) is 0 Å². The van der Waals surface area contributed by atoms with Crippen LogP contribution in [0.4, 0.5) is 5.69 Å². The van der Waals surface area contributed by atoms with E-state index in [0.29, 0.717) is 17.9 Å². The summed E-state index contributed by atoms with van der Waals surface area (Å²) in [6, 6.07) is 15.8.